The number of amides is 1. The fraction of sp³-hybridized carbons (Fsp3) is 0.333. The summed E-state index contributed by atoms with van der Waals surface area (Å²) >= 11 is 1.76. The van der Waals surface area contributed by atoms with Gasteiger partial charge in [-0.2, -0.15) is 0 Å². The SMILES string of the molecule is CCOC(=O)NNC1=Nc2ccccc2SCC1. The van der Waals surface area contributed by atoms with Crippen molar-refractivity contribution in [3.63, 3.8) is 0 Å². The van der Waals surface area contributed by atoms with Gasteiger partial charge in [0.25, 0.3) is 0 Å². The van der Waals surface area contributed by atoms with Crippen LogP contribution in [-0.4, -0.2) is 24.3 Å². The van der Waals surface area contributed by atoms with E-state index in [0.29, 0.717) is 6.61 Å². The van der Waals surface area contributed by atoms with Crippen molar-refractivity contribution in [2.24, 2.45) is 4.99 Å². The molecule has 1 aromatic carbocycles. The van der Waals surface area contributed by atoms with E-state index in [1.807, 2.05) is 24.3 Å². The predicted molar refractivity (Wildman–Crippen MR) is 72.2 cm³/mol. The molecule has 0 saturated carbocycles. The lowest BCUT2D eigenvalue weighted by Crippen LogP contribution is -2.42. The van der Waals surface area contributed by atoms with Crippen LogP contribution in [0, 0.1) is 0 Å². The van der Waals surface area contributed by atoms with Gasteiger partial charge in [-0.15, -0.1) is 11.8 Å². The van der Waals surface area contributed by atoms with Gasteiger partial charge < -0.3 is 4.74 Å². The molecule has 18 heavy (non-hydrogen) atoms. The molecule has 0 aromatic heterocycles. The number of amidine groups is 1. The number of hydrogen-bond donors (Lipinski definition) is 2. The van der Waals surface area contributed by atoms with Crippen LogP contribution in [0.1, 0.15) is 13.3 Å². The topological polar surface area (TPSA) is 62.7 Å². The molecule has 6 heteroatoms. The van der Waals surface area contributed by atoms with Gasteiger partial charge in [-0.1, -0.05) is 12.1 Å². The van der Waals surface area contributed by atoms with Crippen molar-refractivity contribution in [1.29, 1.82) is 0 Å². The Hall–Kier alpha value is -1.69. The summed E-state index contributed by atoms with van der Waals surface area (Å²) in [5, 5.41) is 0. The number of carbonyl (C=O) groups excluding carboxylic acids is 1. The van der Waals surface area contributed by atoms with Gasteiger partial charge in [-0.3, -0.25) is 5.43 Å². The van der Waals surface area contributed by atoms with Crippen LogP contribution in [0.25, 0.3) is 0 Å². The minimum Gasteiger partial charge on any atom is -0.449 e. The maximum Gasteiger partial charge on any atom is 0.425 e. The molecular weight excluding hydrogens is 250 g/mol. The third-order valence-electron chi connectivity index (χ3n) is 2.30. The fourth-order valence-electron chi connectivity index (χ4n) is 1.51. The lowest BCUT2D eigenvalue weighted by atomic mass is 10.3. The maximum atomic E-state index is 11.2. The quantitative estimate of drug-likeness (QED) is 0.766. The van der Waals surface area contributed by atoms with Crippen LogP contribution in [0.5, 0.6) is 0 Å². The Morgan fingerprint density at radius 2 is 2.33 bits per heavy atom. The van der Waals surface area contributed by atoms with Crippen LogP contribution >= 0.6 is 11.8 Å². The molecule has 2 N–H and O–H groups in total. The zero-order valence-corrected chi connectivity index (χ0v) is 10.9. The molecule has 2 rings (SSSR count). The van der Waals surface area contributed by atoms with E-state index in [2.05, 4.69) is 15.8 Å². The van der Waals surface area contributed by atoms with Crippen LogP contribution in [0.2, 0.25) is 0 Å². The monoisotopic (exact) mass is 265 g/mol. The van der Waals surface area contributed by atoms with Crippen LogP contribution in [0.3, 0.4) is 0 Å². The number of nitrogens with zero attached hydrogens (tertiary/aromatic N) is 1. The van der Waals surface area contributed by atoms with Crippen molar-refractivity contribution in [1.82, 2.24) is 10.9 Å². The highest BCUT2D eigenvalue weighted by molar-refractivity contribution is 7.99. The summed E-state index contributed by atoms with van der Waals surface area (Å²) in [4.78, 5) is 16.8. The zero-order valence-electron chi connectivity index (χ0n) is 10.1. The Morgan fingerprint density at radius 1 is 1.50 bits per heavy atom. The normalized spacial score (nSPS) is 13.9. The van der Waals surface area contributed by atoms with Crippen molar-refractivity contribution in [3.05, 3.63) is 24.3 Å². The van der Waals surface area contributed by atoms with E-state index in [-0.39, 0.29) is 0 Å². The number of rotatable bonds is 1. The predicted octanol–water partition coefficient (Wildman–Crippen LogP) is 2.46. The molecule has 1 aliphatic rings. The zero-order chi connectivity index (χ0) is 12.8. The number of para-hydroxylation sites is 1. The second-order valence-corrected chi connectivity index (χ2v) is 4.73. The number of ether oxygens (including phenoxy) is 1. The lowest BCUT2D eigenvalue weighted by Gasteiger charge is -2.09. The minimum atomic E-state index is -0.495. The van der Waals surface area contributed by atoms with Crippen molar-refractivity contribution >= 4 is 29.4 Å². The van der Waals surface area contributed by atoms with Crippen molar-refractivity contribution in [2.45, 2.75) is 18.2 Å². The van der Waals surface area contributed by atoms with E-state index in [4.69, 9.17) is 4.74 Å². The summed E-state index contributed by atoms with van der Waals surface area (Å²) in [5.41, 5.74) is 6.18. The first-order valence-corrected chi connectivity index (χ1v) is 6.76. The molecule has 0 aliphatic carbocycles. The number of nitrogens with one attached hydrogen (secondary N) is 2. The Kier molecular flexibility index (Phi) is 4.46. The average Bonchev–Trinajstić information content (AvgIpc) is 2.58. The molecule has 0 bridgehead atoms. The molecule has 1 aromatic rings. The van der Waals surface area contributed by atoms with E-state index in [1.165, 1.54) is 0 Å². The Balaban J connectivity index is 2.01. The van der Waals surface area contributed by atoms with Gasteiger partial charge in [0.2, 0.25) is 0 Å². The Labute approximate surface area is 110 Å². The van der Waals surface area contributed by atoms with E-state index in [9.17, 15) is 4.79 Å². The molecule has 96 valence electrons. The van der Waals surface area contributed by atoms with E-state index < -0.39 is 6.09 Å². The summed E-state index contributed by atoms with van der Waals surface area (Å²) in [7, 11) is 0. The standard InChI is InChI=1S/C12H15N3O2S/c1-2-17-12(16)15-14-11-7-8-18-10-6-4-3-5-9(10)13-11/h3-6H,2,7-8H2,1H3,(H,13,14)(H,15,16). The highest BCUT2D eigenvalue weighted by atomic mass is 32.2. The molecule has 1 amide bonds. The van der Waals surface area contributed by atoms with E-state index >= 15 is 0 Å². The number of hydrogen-bond acceptors (Lipinski definition) is 5. The molecule has 0 radical (unpaired) electrons. The van der Waals surface area contributed by atoms with Crippen molar-refractivity contribution in [3.8, 4) is 0 Å². The second-order valence-electron chi connectivity index (χ2n) is 3.60. The molecule has 0 unspecified atom stereocenters. The number of aliphatic imine (C=N–C) groups is 1. The van der Waals surface area contributed by atoms with E-state index in [1.54, 1.807) is 18.7 Å². The Morgan fingerprint density at radius 3 is 3.17 bits per heavy atom. The summed E-state index contributed by atoms with van der Waals surface area (Å²) in [6.07, 6.45) is 0.275. The minimum absolute atomic E-state index is 0.346. The fourth-order valence-corrected chi connectivity index (χ4v) is 2.46. The van der Waals surface area contributed by atoms with Gasteiger partial charge >= 0.3 is 6.09 Å². The lowest BCUT2D eigenvalue weighted by molar-refractivity contribution is 0.150. The largest absolute Gasteiger partial charge is 0.449 e. The van der Waals surface area contributed by atoms with Crippen LogP contribution in [0.15, 0.2) is 34.2 Å². The molecule has 0 saturated heterocycles. The van der Waals surface area contributed by atoms with Gasteiger partial charge in [-0.05, 0) is 19.1 Å². The average molecular weight is 265 g/mol. The molecule has 0 fully saturated rings. The Bertz CT molecular complexity index is 462. The van der Waals surface area contributed by atoms with Gasteiger partial charge in [0.05, 0.1) is 12.3 Å². The summed E-state index contributed by atoms with van der Waals surface area (Å²) in [6, 6.07) is 7.95. The molecule has 1 aliphatic heterocycles. The maximum absolute atomic E-state index is 11.2. The smallest absolute Gasteiger partial charge is 0.425 e. The number of fused-ring (bicyclic) bond motifs is 1. The molecule has 1 heterocycles. The van der Waals surface area contributed by atoms with E-state index in [0.717, 1.165) is 28.6 Å². The third kappa shape index (κ3) is 3.40. The number of thioether (sulfide) groups is 1. The number of carbonyl (C=O) groups is 1. The van der Waals surface area contributed by atoms with Gasteiger partial charge in [0.15, 0.2) is 0 Å². The summed E-state index contributed by atoms with van der Waals surface area (Å²) < 4.78 is 4.76. The number of benzene rings is 1. The first kappa shape index (κ1) is 12.8. The summed E-state index contributed by atoms with van der Waals surface area (Å²) in [5.74, 6) is 1.66. The van der Waals surface area contributed by atoms with Crippen molar-refractivity contribution < 1.29 is 9.53 Å². The summed E-state index contributed by atoms with van der Waals surface area (Å²) in [6.45, 7) is 2.11. The highest BCUT2D eigenvalue weighted by Crippen LogP contribution is 2.32. The number of hydrazine groups is 1. The molecule has 5 nitrogen and oxygen atoms in total. The third-order valence-corrected chi connectivity index (χ3v) is 3.37. The molecule has 0 spiro atoms. The van der Waals surface area contributed by atoms with Crippen LogP contribution < -0.4 is 10.9 Å². The molecule has 0 atom stereocenters. The van der Waals surface area contributed by atoms with Crippen LogP contribution in [-0.2, 0) is 4.74 Å². The van der Waals surface area contributed by atoms with Gasteiger partial charge in [0, 0.05) is 17.1 Å². The molecular formula is C12H15N3O2S. The van der Waals surface area contributed by atoms with Gasteiger partial charge in [-0.25, -0.2) is 15.2 Å². The second kappa shape index (κ2) is 6.30. The van der Waals surface area contributed by atoms with Gasteiger partial charge in [0.1, 0.15) is 5.84 Å². The highest BCUT2D eigenvalue weighted by Gasteiger charge is 2.10. The van der Waals surface area contributed by atoms with Crippen molar-refractivity contribution in [2.75, 3.05) is 12.4 Å². The van der Waals surface area contributed by atoms with Crippen LogP contribution in [0.4, 0.5) is 10.5 Å². The first-order valence-electron chi connectivity index (χ1n) is 5.77. The first-order chi connectivity index (χ1) is 8.79.